The summed E-state index contributed by atoms with van der Waals surface area (Å²) in [7, 11) is 0. The van der Waals surface area contributed by atoms with Crippen LogP contribution in [0.15, 0.2) is 24.3 Å². The van der Waals surface area contributed by atoms with Crippen LogP contribution in [0.3, 0.4) is 0 Å². The van der Waals surface area contributed by atoms with Gasteiger partial charge in [0.1, 0.15) is 0 Å². The van der Waals surface area contributed by atoms with E-state index in [4.69, 9.17) is 0 Å². The molecule has 0 aliphatic carbocycles. The highest BCUT2D eigenvalue weighted by atomic mass is 16.2. The van der Waals surface area contributed by atoms with E-state index < -0.39 is 0 Å². The molecule has 24 heavy (non-hydrogen) atoms. The molecule has 1 aliphatic heterocycles. The van der Waals surface area contributed by atoms with Crippen LogP contribution in [0.2, 0.25) is 0 Å². The number of fused-ring (bicyclic) bond motifs is 1. The Morgan fingerprint density at radius 3 is 2.79 bits per heavy atom. The summed E-state index contributed by atoms with van der Waals surface area (Å²) in [6, 6.07) is 7.98. The Bertz CT molecular complexity index is 765. The summed E-state index contributed by atoms with van der Waals surface area (Å²) in [4.78, 5) is 30.9. The number of carbonyl (C=O) groups excluding carboxylic acids is 2. The average Bonchev–Trinajstić information content (AvgIpc) is 3.09. The van der Waals surface area contributed by atoms with E-state index in [2.05, 4.69) is 17.2 Å². The quantitative estimate of drug-likeness (QED) is 0.917. The third kappa shape index (κ3) is 3.00. The first kappa shape index (κ1) is 16.5. The highest BCUT2D eigenvalue weighted by molar-refractivity contribution is 5.97. The first-order valence-corrected chi connectivity index (χ1v) is 8.56. The molecule has 6 heteroatoms. The van der Waals surface area contributed by atoms with Crippen molar-refractivity contribution < 1.29 is 9.59 Å². The number of amides is 2. The molecule has 0 bridgehead atoms. The topological polar surface area (TPSA) is 67.2 Å². The molecule has 1 aliphatic rings. The van der Waals surface area contributed by atoms with Crippen molar-refractivity contribution in [3.63, 3.8) is 0 Å². The number of benzene rings is 1. The summed E-state index contributed by atoms with van der Waals surface area (Å²) < 4.78 is 2.03. The minimum atomic E-state index is -0.310. The Labute approximate surface area is 141 Å². The highest BCUT2D eigenvalue weighted by Gasteiger charge is 2.35. The number of aromatic nitrogens is 2. The third-order valence-corrected chi connectivity index (χ3v) is 4.49. The van der Waals surface area contributed by atoms with E-state index in [9.17, 15) is 9.59 Å². The van der Waals surface area contributed by atoms with Crippen molar-refractivity contribution >= 4 is 28.8 Å². The van der Waals surface area contributed by atoms with Gasteiger partial charge in [-0.1, -0.05) is 19.1 Å². The van der Waals surface area contributed by atoms with Gasteiger partial charge in [0.15, 0.2) is 0 Å². The van der Waals surface area contributed by atoms with E-state index >= 15 is 0 Å². The zero-order valence-electron chi connectivity index (χ0n) is 14.5. The van der Waals surface area contributed by atoms with Gasteiger partial charge in [-0.3, -0.25) is 14.9 Å². The summed E-state index contributed by atoms with van der Waals surface area (Å²) in [6.07, 6.45) is 1.23. The molecule has 1 aromatic carbocycles. The fourth-order valence-corrected chi connectivity index (χ4v) is 3.24. The molecular formula is C18H24N4O2. The molecule has 0 spiro atoms. The van der Waals surface area contributed by atoms with Gasteiger partial charge in [0.2, 0.25) is 17.8 Å². The summed E-state index contributed by atoms with van der Waals surface area (Å²) in [5.41, 5.74) is 1.88. The third-order valence-electron chi connectivity index (χ3n) is 4.49. The molecule has 3 rings (SSSR count). The molecule has 2 aromatic rings. The second-order valence-electron chi connectivity index (χ2n) is 6.61. The summed E-state index contributed by atoms with van der Waals surface area (Å²) >= 11 is 0. The number of para-hydroxylation sites is 2. The summed E-state index contributed by atoms with van der Waals surface area (Å²) in [5.74, 6) is 0.180. The largest absolute Gasteiger partial charge is 0.339 e. The van der Waals surface area contributed by atoms with Crippen LogP contribution in [0, 0.1) is 5.92 Å². The molecule has 1 N–H and O–H groups in total. The molecule has 1 aromatic heterocycles. The SMILES string of the molecule is CCCn1c(NC(=O)C2CC(=O)N(C(C)C)C2)nc2ccccc21. The van der Waals surface area contributed by atoms with Crippen LogP contribution in [-0.4, -0.2) is 38.9 Å². The zero-order chi connectivity index (χ0) is 17.3. The molecule has 2 amide bonds. The number of hydrogen-bond acceptors (Lipinski definition) is 3. The van der Waals surface area contributed by atoms with Gasteiger partial charge in [0.25, 0.3) is 0 Å². The number of carbonyl (C=O) groups is 2. The molecule has 1 atom stereocenters. The van der Waals surface area contributed by atoms with Crippen LogP contribution in [0.4, 0.5) is 5.95 Å². The molecular weight excluding hydrogens is 304 g/mol. The van der Waals surface area contributed by atoms with Crippen molar-refractivity contribution in [3.05, 3.63) is 24.3 Å². The molecule has 2 heterocycles. The number of hydrogen-bond donors (Lipinski definition) is 1. The summed E-state index contributed by atoms with van der Waals surface area (Å²) in [6.45, 7) is 7.31. The van der Waals surface area contributed by atoms with E-state index in [0.717, 1.165) is 24.0 Å². The van der Waals surface area contributed by atoms with Crippen molar-refractivity contribution in [1.29, 1.82) is 0 Å². The highest BCUT2D eigenvalue weighted by Crippen LogP contribution is 2.24. The number of aryl methyl sites for hydroxylation is 1. The Balaban J connectivity index is 1.81. The first-order chi connectivity index (χ1) is 11.5. The molecule has 6 nitrogen and oxygen atoms in total. The number of nitrogens with zero attached hydrogens (tertiary/aromatic N) is 3. The second-order valence-corrected chi connectivity index (χ2v) is 6.61. The van der Waals surface area contributed by atoms with Gasteiger partial charge in [-0.15, -0.1) is 0 Å². The van der Waals surface area contributed by atoms with E-state index in [-0.39, 0.29) is 30.2 Å². The Morgan fingerprint density at radius 1 is 1.38 bits per heavy atom. The Kier molecular flexibility index (Phi) is 4.55. The fraction of sp³-hybridized carbons (Fsp3) is 0.500. The number of nitrogens with one attached hydrogen (secondary N) is 1. The van der Waals surface area contributed by atoms with Crippen molar-refractivity contribution in [1.82, 2.24) is 14.5 Å². The normalized spacial score (nSPS) is 17.9. The van der Waals surface area contributed by atoms with E-state index in [1.807, 2.05) is 42.7 Å². The Morgan fingerprint density at radius 2 is 2.12 bits per heavy atom. The molecule has 0 saturated carbocycles. The van der Waals surface area contributed by atoms with Gasteiger partial charge in [0.05, 0.1) is 17.0 Å². The van der Waals surface area contributed by atoms with E-state index in [0.29, 0.717) is 12.5 Å². The van der Waals surface area contributed by atoms with E-state index in [1.54, 1.807) is 4.90 Å². The van der Waals surface area contributed by atoms with Crippen LogP contribution in [0.1, 0.15) is 33.6 Å². The van der Waals surface area contributed by atoms with Crippen molar-refractivity contribution in [2.45, 2.75) is 46.2 Å². The van der Waals surface area contributed by atoms with Gasteiger partial charge in [0, 0.05) is 25.6 Å². The van der Waals surface area contributed by atoms with Crippen LogP contribution < -0.4 is 5.32 Å². The van der Waals surface area contributed by atoms with Crippen LogP contribution in [0.5, 0.6) is 0 Å². The molecule has 1 saturated heterocycles. The minimum Gasteiger partial charge on any atom is -0.339 e. The Hall–Kier alpha value is -2.37. The fourth-order valence-electron chi connectivity index (χ4n) is 3.24. The zero-order valence-corrected chi connectivity index (χ0v) is 14.5. The maximum atomic E-state index is 12.6. The van der Waals surface area contributed by atoms with Gasteiger partial charge >= 0.3 is 0 Å². The number of anilines is 1. The van der Waals surface area contributed by atoms with Gasteiger partial charge in [-0.05, 0) is 32.4 Å². The van der Waals surface area contributed by atoms with Crippen molar-refractivity contribution in [2.24, 2.45) is 5.92 Å². The second kappa shape index (κ2) is 6.63. The maximum absolute atomic E-state index is 12.6. The maximum Gasteiger partial charge on any atom is 0.232 e. The van der Waals surface area contributed by atoms with Crippen LogP contribution in [-0.2, 0) is 16.1 Å². The summed E-state index contributed by atoms with van der Waals surface area (Å²) in [5, 5.41) is 2.94. The monoisotopic (exact) mass is 328 g/mol. The van der Waals surface area contributed by atoms with Gasteiger partial charge in [-0.25, -0.2) is 4.98 Å². The molecule has 128 valence electrons. The lowest BCUT2D eigenvalue weighted by Crippen LogP contribution is -2.33. The predicted octanol–water partition coefficient (Wildman–Crippen LogP) is 2.64. The molecule has 1 unspecified atom stereocenters. The average molecular weight is 328 g/mol. The van der Waals surface area contributed by atoms with Gasteiger partial charge in [-0.2, -0.15) is 0 Å². The first-order valence-electron chi connectivity index (χ1n) is 8.56. The number of likely N-dealkylation sites (tertiary alicyclic amines) is 1. The predicted molar refractivity (Wildman–Crippen MR) is 93.6 cm³/mol. The number of rotatable bonds is 5. The minimum absolute atomic E-state index is 0.0483. The van der Waals surface area contributed by atoms with Gasteiger partial charge < -0.3 is 9.47 Å². The van der Waals surface area contributed by atoms with E-state index in [1.165, 1.54) is 0 Å². The van der Waals surface area contributed by atoms with Crippen molar-refractivity contribution in [2.75, 3.05) is 11.9 Å². The molecule has 1 fully saturated rings. The van der Waals surface area contributed by atoms with Crippen LogP contribution >= 0.6 is 0 Å². The number of imidazole rings is 1. The standard InChI is InChI=1S/C18H24N4O2/c1-4-9-21-15-8-6-5-7-14(15)19-18(21)20-17(24)13-10-16(23)22(11-13)12(2)3/h5-8,12-13H,4,9-11H2,1-3H3,(H,19,20,24). The lowest BCUT2D eigenvalue weighted by molar-refractivity contribution is -0.129. The smallest absolute Gasteiger partial charge is 0.232 e. The van der Waals surface area contributed by atoms with Crippen molar-refractivity contribution in [3.8, 4) is 0 Å². The van der Waals surface area contributed by atoms with Crippen LogP contribution in [0.25, 0.3) is 11.0 Å². The lowest BCUT2D eigenvalue weighted by Gasteiger charge is -2.20. The lowest BCUT2D eigenvalue weighted by atomic mass is 10.1. The molecule has 0 radical (unpaired) electrons.